The van der Waals surface area contributed by atoms with Gasteiger partial charge >= 0.3 is 0 Å². The van der Waals surface area contributed by atoms with Crippen LogP contribution < -0.4 is 5.32 Å². The van der Waals surface area contributed by atoms with E-state index in [1.54, 1.807) is 13.2 Å². The third kappa shape index (κ3) is 2.03. The standard InChI is InChI=1S/C13H20N2O3/c1-12(2)10(8-13(12,3)17-4)14-11(16)7-9-5-6-18-15-9/h5-6,10H,7-8H2,1-4H3,(H,14,16). The fourth-order valence-electron chi connectivity index (χ4n) is 2.46. The van der Waals surface area contributed by atoms with Gasteiger partial charge in [-0.3, -0.25) is 4.79 Å². The van der Waals surface area contributed by atoms with Crippen LogP contribution in [0.5, 0.6) is 0 Å². The van der Waals surface area contributed by atoms with Gasteiger partial charge in [-0.15, -0.1) is 0 Å². The lowest BCUT2D eigenvalue weighted by Crippen LogP contribution is -2.68. The Hall–Kier alpha value is -1.36. The molecule has 1 aromatic heterocycles. The van der Waals surface area contributed by atoms with Gasteiger partial charge in [-0.25, -0.2) is 0 Å². The molecule has 1 aliphatic carbocycles. The van der Waals surface area contributed by atoms with Crippen molar-refractivity contribution < 1.29 is 14.1 Å². The molecule has 1 aliphatic rings. The highest BCUT2D eigenvalue weighted by atomic mass is 16.5. The summed E-state index contributed by atoms with van der Waals surface area (Å²) in [4.78, 5) is 11.9. The fourth-order valence-corrected chi connectivity index (χ4v) is 2.46. The van der Waals surface area contributed by atoms with Crippen LogP contribution in [0.15, 0.2) is 16.9 Å². The number of hydrogen-bond donors (Lipinski definition) is 1. The Labute approximate surface area is 107 Å². The van der Waals surface area contributed by atoms with E-state index in [1.165, 1.54) is 6.26 Å². The largest absolute Gasteiger partial charge is 0.378 e. The van der Waals surface area contributed by atoms with E-state index in [1.807, 2.05) is 0 Å². The van der Waals surface area contributed by atoms with Crippen LogP contribution in [0.1, 0.15) is 32.9 Å². The maximum atomic E-state index is 11.9. The number of hydrogen-bond acceptors (Lipinski definition) is 4. The van der Waals surface area contributed by atoms with Crippen LogP contribution in [0.2, 0.25) is 0 Å². The van der Waals surface area contributed by atoms with Crippen molar-refractivity contribution in [2.75, 3.05) is 7.11 Å². The lowest BCUT2D eigenvalue weighted by Gasteiger charge is -2.59. The monoisotopic (exact) mass is 252 g/mol. The molecule has 2 atom stereocenters. The number of amides is 1. The molecule has 1 fully saturated rings. The van der Waals surface area contributed by atoms with Crippen LogP contribution in [0, 0.1) is 5.41 Å². The number of nitrogens with zero attached hydrogens (tertiary/aromatic N) is 1. The van der Waals surface area contributed by atoms with Gasteiger partial charge < -0.3 is 14.6 Å². The first-order valence-corrected chi connectivity index (χ1v) is 6.13. The van der Waals surface area contributed by atoms with Crippen molar-refractivity contribution in [3.05, 3.63) is 18.0 Å². The number of carbonyl (C=O) groups excluding carboxylic acids is 1. The van der Waals surface area contributed by atoms with Crippen molar-refractivity contribution in [3.63, 3.8) is 0 Å². The topological polar surface area (TPSA) is 64.4 Å². The maximum absolute atomic E-state index is 11.9. The Balaban J connectivity index is 1.90. The van der Waals surface area contributed by atoms with E-state index < -0.39 is 0 Å². The molecule has 1 saturated carbocycles. The number of carbonyl (C=O) groups is 1. The van der Waals surface area contributed by atoms with Crippen LogP contribution in [0.3, 0.4) is 0 Å². The quantitative estimate of drug-likeness (QED) is 0.882. The Kier molecular flexibility index (Phi) is 3.19. The zero-order chi connectivity index (χ0) is 13.4. The van der Waals surface area contributed by atoms with Gasteiger partial charge in [-0.1, -0.05) is 19.0 Å². The highest BCUT2D eigenvalue weighted by molar-refractivity contribution is 5.78. The second-order valence-electron chi connectivity index (χ2n) is 5.65. The van der Waals surface area contributed by atoms with E-state index in [-0.39, 0.29) is 29.4 Å². The zero-order valence-corrected chi connectivity index (χ0v) is 11.3. The van der Waals surface area contributed by atoms with E-state index in [9.17, 15) is 4.79 Å². The normalized spacial score (nSPS) is 29.7. The van der Waals surface area contributed by atoms with Gasteiger partial charge in [0.05, 0.1) is 17.7 Å². The molecule has 1 aromatic rings. The predicted octanol–water partition coefficient (Wildman–Crippen LogP) is 1.54. The van der Waals surface area contributed by atoms with Crippen molar-refractivity contribution in [3.8, 4) is 0 Å². The maximum Gasteiger partial charge on any atom is 0.226 e. The van der Waals surface area contributed by atoms with Gasteiger partial charge in [-0.2, -0.15) is 0 Å². The molecule has 1 N–H and O–H groups in total. The van der Waals surface area contributed by atoms with E-state index in [0.717, 1.165) is 6.42 Å². The fraction of sp³-hybridized carbons (Fsp3) is 0.692. The number of aromatic nitrogens is 1. The SMILES string of the molecule is COC1(C)CC(NC(=O)Cc2ccon2)C1(C)C. The van der Waals surface area contributed by atoms with Crippen molar-refractivity contribution in [2.24, 2.45) is 5.41 Å². The van der Waals surface area contributed by atoms with Crippen molar-refractivity contribution in [2.45, 2.75) is 45.3 Å². The zero-order valence-electron chi connectivity index (χ0n) is 11.3. The summed E-state index contributed by atoms with van der Waals surface area (Å²) in [5, 5.41) is 6.76. The van der Waals surface area contributed by atoms with Crippen LogP contribution in [0.25, 0.3) is 0 Å². The Morgan fingerprint density at radius 3 is 2.83 bits per heavy atom. The number of rotatable bonds is 4. The summed E-state index contributed by atoms with van der Waals surface area (Å²) in [6.07, 6.45) is 2.56. The average Bonchev–Trinajstić information content (AvgIpc) is 2.80. The highest BCUT2D eigenvalue weighted by Crippen LogP contribution is 2.51. The first-order valence-electron chi connectivity index (χ1n) is 6.13. The molecule has 0 bridgehead atoms. The van der Waals surface area contributed by atoms with E-state index >= 15 is 0 Å². The molecule has 0 saturated heterocycles. The van der Waals surface area contributed by atoms with Crippen LogP contribution in [0.4, 0.5) is 0 Å². The van der Waals surface area contributed by atoms with Crippen LogP contribution in [-0.2, 0) is 16.0 Å². The minimum atomic E-state index is -0.168. The lowest BCUT2D eigenvalue weighted by molar-refractivity contribution is -0.182. The molecule has 2 unspecified atom stereocenters. The summed E-state index contributed by atoms with van der Waals surface area (Å²) in [5.74, 6) is -0.0277. The van der Waals surface area contributed by atoms with Gasteiger partial charge in [0.15, 0.2) is 0 Å². The minimum Gasteiger partial charge on any atom is -0.378 e. The summed E-state index contributed by atoms with van der Waals surface area (Å²) in [6, 6.07) is 1.84. The smallest absolute Gasteiger partial charge is 0.226 e. The van der Waals surface area contributed by atoms with E-state index in [4.69, 9.17) is 9.26 Å². The molecule has 1 heterocycles. The van der Waals surface area contributed by atoms with Crippen LogP contribution in [-0.4, -0.2) is 29.8 Å². The molecule has 5 heteroatoms. The van der Waals surface area contributed by atoms with Crippen molar-refractivity contribution in [1.82, 2.24) is 10.5 Å². The molecule has 1 amide bonds. The third-order valence-electron chi connectivity index (χ3n) is 4.45. The number of ether oxygens (including phenoxy) is 1. The first kappa shape index (κ1) is 13.1. The summed E-state index contributed by atoms with van der Waals surface area (Å²) >= 11 is 0. The first-order chi connectivity index (χ1) is 8.39. The molecule has 2 rings (SSSR count). The molecule has 18 heavy (non-hydrogen) atoms. The minimum absolute atomic E-state index is 0.0277. The molecule has 0 aliphatic heterocycles. The second-order valence-corrected chi connectivity index (χ2v) is 5.65. The van der Waals surface area contributed by atoms with Crippen LogP contribution >= 0.6 is 0 Å². The third-order valence-corrected chi connectivity index (χ3v) is 4.45. The van der Waals surface area contributed by atoms with E-state index in [0.29, 0.717) is 5.69 Å². The number of methoxy groups -OCH3 is 1. The van der Waals surface area contributed by atoms with Gasteiger partial charge in [-0.05, 0) is 13.3 Å². The van der Waals surface area contributed by atoms with E-state index in [2.05, 4.69) is 31.2 Å². The van der Waals surface area contributed by atoms with Gasteiger partial charge in [0.25, 0.3) is 0 Å². The summed E-state index contributed by atoms with van der Waals surface area (Å²) < 4.78 is 10.2. The van der Waals surface area contributed by atoms with Crippen molar-refractivity contribution in [1.29, 1.82) is 0 Å². The Morgan fingerprint density at radius 1 is 1.61 bits per heavy atom. The molecule has 0 aromatic carbocycles. The van der Waals surface area contributed by atoms with Gasteiger partial charge in [0, 0.05) is 24.6 Å². The van der Waals surface area contributed by atoms with Gasteiger partial charge in [0.2, 0.25) is 5.91 Å². The molecule has 0 radical (unpaired) electrons. The second kappa shape index (κ2) is 4.39. The lowest BCUT2D eigenvalue weighted by atomic mass is 9.56. The molecular weight excluding hydrogens is 232 g/mol. The molecular formula is C13H20N2O3. The Morgan fingerprint density at radius 2 is 2.33 bits per heavy atom. The average molecular weight is 252 g/mol. The summed E-state index contributed by atoms with van der Waals surface area (Å²) in [6.45, 7) is 6.30. The van der Waals surface area contributed by atoms with Gasteiger partial charge in [0.1, 0.15) is 6.26 Å². The molecule has 5 nitrogen and oxygen atoms in total. The molecule has 0 spiro atoms. The highest BCUT2D eigenvalue weighted by Gasteiger charge is 2.58. The van der Waals surface area contributed by atoms with Crippen molar-refractivity contribution >= 4 is 5.91 Å². The number of nitrogens with one attached hydrogen (secondary N) is 1. The summed E-state index contributed by atoms with van der Waals surface area (Å²) in [7, 11) is 1.72. The summed E-state index contributed by atoms with van der Waals surface area (Å²) in [5.41, 5.74) is 0.416. The molecule has 100 valence electrons. The predicted molar refractivity (Wildman–Crippen MR) is 65.9 cm³/mol. The Bertz CT molecular complexity index is 427.